The lowest BCUT2D eigenvalue weighted by Gasteiger charge is -2.29. The summed E-state index contributed by atoms with van der Waals surface area (Å²) in [6.45, 7) is 3.74. The Morgan fingerprint density at radius 1 is 1.17 bits per heavy atom. The van der Waals surface area contributed by atoms with Crippen LogP contribution in [0.2, 0.25) is 5.02 Å². The molecule has 1 amide bonds. The standard InChI is InChI=1S/C29H28ClF3N6O2/c1-15-3-5-16(6-4-15)14-39-25-22(37-27(39)29(2,33)20-8-7-19(31)10-21(20)32)11-23(26(34)38-28(40)41)36-24(25)17-9-18(30)13-35-12-17/h7-13,15-16H,3-6,14H2,1-2H3,(H2,34,38)(H,40,41). The number of carboxylic acid groups (broad SMARTS) is 1. The molecule has 1 fully saturated rings. The molecule has 3 heterocycles. The summed E-state index contributed by atoms with van der Waals surface area (Å²) in [6.07, 6.45) is 5.28. The molecule has 0 aliphatic heterocycles. The molecule has 5 rings (SSSR count). The molecule has 1 unspecified atom stereocenters. The van der Waals surface area contributed by atoms with Gasteiger partial charge in [0.05, 0.1) is 21.7 Å². The van der Waals surface area contributed by atoms with Crippen molar-refractivity contribution in [2.75, 3.05) is 0 Å². The summed E-state index contributed by atoms with van der Waals surface area (Å²) >= 11 is 6.24. The average Bonchev–Trinajstić information content (AvgIpc) is 3.28. The quantitative estimate of drug-likeness (QED) is 0.189. The van der Waals surface area contributed by atoms with Crippen molar-refractivity contribution in [2.45, 2.75) is 51.7 Å². The zero-order valence-corrected chi connectivity index (χ0v) is 23.2. The van der Waals surface area contributed by atoms with Gasteiger partial charge in [0.2, 0.25) is 0 Å². The fourth-order valence-electron chi connectivity index (χ4n) is 5.49. The van der Waals surface area contributed by atoms with E-state index in [1.807, 2.05) is 0 Å². The fraction of sp³-hybridized carbons (Fsp3) is 0.345. The predicted octanol–water partition coefficient (Wildman–Crippen LogP) is 6.87. The molecule has 0 spiro atoms. The third-order valence-corrected chi connectivity index (χ3v) is 7.82. The number of carbonyl (C=O) groups is 1. The van der Waals surface area contributed by atoms with Crippen LogP contribution in [0, 0.1) is 23.5 Å². The van der Waals surface area contributed by atoms with Crippen molar-refractivity contribution in [3.8, 4) is 11.3 Å². The molecule has 1 atom stereocenters. The second kappa shape index (κ2) is 11.1. The summed E-state index contributed by atoms with van der Waals surface area (Å²) in [5.41, 5.74) is 4.46. The predicted molar refractivity (Wildman–Crippen MR) is 150 cm³/mol. The molecule has 3 N–H and O–H groups in total. The maximum Gasteiger partial charge on any atom is 0.433 e. The second-order valence-electron chi connectivity index (χ2n) is 10.7. The van der Waals surface area contributed by atoms with Crippen molar-refractivity contribution >= 4 is 34.6 Å². The molecule has 3 aromatic heterocycles. The summed E-state index contributed by atoms with van der Waals surface area (Å²) < 4.78 is 47.3. The Kier molecular flexibility index (Phi) is 7.74. The average molecular weight is 585 g/mol. The summed E-state index contributed by atoms with van der Waals surface area (Å²) in [4.78, 5) is 28.0. The van der Waals surface area contributed by atoms with Crippen molar-refractivity contribution in [2.24, 2.45) is 22.6 Å². The molecule has 12 heteroatoms. The Balaban J connectivity index is 1.81. The molecular weight excluding hydrogens is 557 g/mol. The van der Waals surface area contributed by atoms with E-state index in [4.69, 9.17) is 22.4 Å². The number of pyridine rings is 2. The van der Waals surface area contributed by atoms with Crippen LogP contribution < -0.4 is 5.73 Å². The number of hydrogen-bond donors (Lipinski definition) is 2. The fourth-order valence-corrected chi connectivity index (χ4v) is 5.66. The van der Waals surface area contributed by atoms with Gasteiger partial charge in [-0.3, -0.25) is 4.98 Å². The van der Waals surface area contributed by atoms with Gasteiger partial charge in [-0.25, -0.2) is 27.9 Å². The van der Waals surface area contributed by atoms with Crippen LogP contribution in [0.3, 0.4) is 0 Å². The molecule has 1 aliphatic carbocycles. The zero-order valence-electron chi connectivity index (χ0n) is 22.4. The van der Waals surface area contributed by atoms with Crippen molar-refractivity contribution in [1.82, 2.24) is 19.5 Å². The van der Waals surface area contributed by atoms with Crippen LogP contribution in [0.4, 0.5) is 18.0 Å². The van der Waals surface area contributed by atoms with E-state index in [0.717, 1.165) is 37.8 Å². The van der Waals surface area contributed by atoms with Crippen LogP contribution in [-0.2, 0) is 12.2 Å². The van der Waals surface area contributed by atoms with Gasteiger partial charge >= 0.3 is 6.09 Å². The minimum absolute atomic E-state index is 0.00825. The maximum absolute atomic E-state index is 16.9. The Labute approximate surface area is 239 Å². The highest BCUT2D eigenvalue weighted by Crippen LogP contribution is 2.40. The van der Waals surface area contributed by atoms with Crippen LogP contribution in [-0.4, -0.2) is 36.6 Å². The van der Waals surface area contributed by atoms with E-state index in [2.05, 4.69) is 26.9 Å². The number of fused-ring (bicyclic) bond motifs is 1. The summed E-state index contributed by atoms with van der Waals surface area (Å²) in [5.74, 6) is -1.61. The number of hydrogen-bond acceptors (Lipinski definition) is 4. The number of nitrogens with zero attached hydrogens (tertiary/aromatic N) is 5. The van der Waals surface area contributed by atoms with Gasteiger partial charge in [-0.1, -0.05) is 31.4 Å². The third-order valence-electron chi connectivity index (χ3n) is 7.61. The highest BCUT2D eigenvalue weighted by Gasteiger charge is 2.38. The SMILES string of the molecule is CC1CCC(Cn2c(C(C)(F)c3ccc(F)cc3F)nc3cc(/C(N)=N/C(=O)O)nc(-c4cncc(Cl)c4)c32)CC1. The molecule has 4 aromatic rings. The summed E-state index contributed by atoms with van der Waals surface area (Å²) in [6, 6.07) is 5.72. The molecule has 41 heavy (non-hydrogen) atoms. The van der Waals surface area contributed by atoms with Gasteiger partial charge in [-0.05, 0) is 55.9 Å². The number of nitrogens with two attached hydrogens (primary N) is 1. The van der Waals surface area contributed by atoms with E-state index in [1.165, 1.54) is 25.4 Å². The first-order chi connectivity index (χ1) is 19.4. The largest absolute Gasteiger partial charge is 0.463 e. The Morgan fingerprint density at radius 3 is 2.56 bits per heavy atom. The van der Waals surface area contributed by atoms with Gasteiger partial charge in [0.15, 0.2) is 17.3 Å². The number of benzene rings is 1. The minimum Gasteiger partial charge on any atom is -0.463 e. The van der Waals surface area contributed by atoms with E-state index >= 15 is 4.39 Å². The molecule has 8 nitrogen and oxygen atoms in total. The van der Waals surface area contributed by atoms with Gasteiger partial charge in [-0.15, -0.1) is 0 Å². The molecule has 0 radical (unpaired) electrons. The van der Waals surface area contributed by atoms with Crippen molar-refractivity contribution in [1.29, 1.82) is 0 Å². The topological polar surface area (TPSA) is 119 Å². The van der Waals surface area contributed by atoms with Crippen LogP contribution in [0.5, 0.6) is 0 Å². The number of amidine groups is 1. The highest BCUT2D eigenvalue weighted by molar-refractivity contribution is 6.30. The number of rotatable bonds is 6. The number of aliphatic imine (C=N–C) groups is 1. The van der Waals surface area contributed by atoms with Crippen molar-refractivity contribution < 1.29 is 23.1 Å². The van der Waals surface area contributed by atoms with E-state index in [0.29, 0.717) is 34.6 Å². The third kappa shape index (κ3) is 5.76. The molecule has 1 aromatic carbocycles. The summed E-state index contributed by atoms with van der Waals surface area (Å²) in [5, 5.41) is 9.47. The van der Waals surface area contributed by atoms with Crippen LogP contribution in [0.25, 0.3) is 22.3 Å². The van der Waals surface area contributed by atoms with Crippen molar-refractivity contribution in [3.05, 3.63) is 76.5 Å². The monoisotopic (exact) mass is 584 g/mol. The summed E-state index contributed by atoms with van der Waals surface area (Å²) in [7, 11) is 0. The van der Waals surface area contributed by atoms with E-state index in [1.54, 1.807) is 10.6 Å². The molecule has 0 saturated heterocycles. The lowest BCUT2D eigenvalue weighted by molar-refractivity contribution is 0.205. The molecule has 1 saturated carbocycles. The van der Waals surface area contributed by atoms with E-state index < -0.39 is 23.4 Å². The zero-order chi connectivity index (χ0) is 29.5. The first kappa shape index (κ1) is 28.5. The highest BCUT2D eigenvalue weighted by atomic mass is 35.5. The number of aromatic nitrogens is 4. The Morgan fingerprint density at radius 2 is 1.90 bits per heavy atom. The van der Waals surface area contributed by atoms with Crippen LogP contribution >= 0.6 is 11.6 Å². The van der Waals surface area contributed by atoms with Gasteiger partial charge < -0.3 is 15.4 Å². The molecular formula is C29H28ClF3N6O2. The van der Waals surface area contributed by atoms with Gasteiger partial charge in [0.1, 0.15) is 17.3 Å². The number of amides is 1. The molecule has 0 bridgehead atoms. The van der Waals surface area contributed by atoms with Crippen LogP contribution in [0.1, 0.15) is 56.6 Å². The Bertz CT molecular complexity index is 1660. The lowest BCUT2D eigenvalue weighted by Crippen LogP contribution is -2.27. The smallest absolute Gasteiger partial charge is 0.433 e. The van der Waals surface area contributed by atoms with Gasteiger partial charge in [0, 0.05) is 36.1 Å². The Hall–Kier alpha value is -3.99. The lowest BCUT2D eigenvalue weighted by atomic mass is 9.83. The van der Waals surface area contributed by atoms with Crippen LogP contribution in [0.15, 0.2) is 47.7 Å². The number of imidazole rings is 1. The normalized spacial score (nSPS) is 19.3. The number of halogens is 4. The molecule has 1 aliphatic rings. The van der Waals surface area contributed by atoms with E-state index in [-0.39, 0.29) is 40.0 Å². The van der Waals surface area contributed by atoms with E-state index in [9.17, 15) is 13.6 Å². The minimum atomic E-state index is -2.48. The van der Waals surface area contributed by atoms with Gasteiger partial charge in [-0.2, -0.15) is 4.99 Å². The maximum atomic E-state index is 16.9. The molecule has 214 valence electrons. The van der Waals surface area contributed by atoms with Gasteiger partial charge in [0.25, 0.3) is 0 Å². The first-order valence-corrected chi connectivity index (χ1v) is 13.6. The van der Waals surface area contributed by atoms with Crippen molar-refractivity contribution in [3.63, 3.8) is 0 Å². The first-order valence-electron chi connectivity index (χ1n) is 13.2. The number of alkyl halides is 1. The second-order valence-corrected chi connectivity index (χ2v) is 11.1.